The third-order valence-electron chi connectivity index (χ3n) is 8.34. The summed E-state index contributed by atoms with van der Waals surface area (Å²) in [6.07, 6.45) is 1.90. The number of fused-ring (bicyclic) bond motifs is 5. The smallest absolute Gasteiger partial charge is 0.182 e. The predicted molar refractivity (Wildman–Crippen MR) is 182 cm³/mol. The average Bonchev–Trinajstić information content (AvgIpc) is 3.50. The standard InChI is InChI=1S/C40H24N4O/c1-2-9-25(10-3-1)28-18-19-29-23-34(41-24-31(29)22-28)40-43-38(30-20-17-26-11-4-5-12-27(26)21-30)42-39(44-40)33-14-8-16-36-37(33)32-13-6-7-15-35(32)45-36/h1-24H. The molecule has 0 saturated heterocycles. The van der Waals surface area contributed by atoms with Crippen LogP contribution in [0.2, 0.25) is 0 Å². The van der Waals surface area contributed by atoms with E-state index < -0.39 is 0 Å². The Bertz CT molecular complexity index is 2550. The third-order valence-corrected chi connectivity index (χ3v) is 8.34. The average molecular weight is 577 g/mol. The molecule has 5 heteroatoms. The Hall–Kier alpha value is -6.20. The van der Waals surface area contributed by atoms with Gasteiger partial charge in [-0.2, -0.15) is 0 Å². The number of hydrogen-bond donors (Lipinski definition) is 0. The first-order valence-electron chi connectivity index (χ1n) is 14.9. The van der Waals surface area contributed by atoms with Crippen LogP contribution in [0.15, 0.2) is 150 Å². The number of furan rings is 1. The lowest BCUT2D eigenvalue weighted by molar-refractivity contribution is 0.669. The largest absolute Gasteiger partial charge is 0.456 e. The van der Waals surface area contributed by atoms with Crippen molar-refractivity contribution in [2.45, 2.75) is 0 Å². The van der Waals surface area contributed by atoms with E-state index in [2.05, 4.69) is 84.9 Å². The summed E-state index contributed by atoms with van der Waals surface area (Å²) in [5.74, 6) is 1.68. The lowest BCUT2D eigenvalue weighted by Crippen LogP contribution is -2.01. The molecular weight excluding hydrogens is 552 g/mol. The fourth-order valence-electron chi connectivity index (χ4n) is 6.10. The minimum absolute atomic E-state index is 0.516. The van der Waals surface area contributed by atoms with Gasteiger partial charge in [-0.3, -0.25) is 4.98 Å². The lowest BCUT2D eigenvalue weighted by atomic mass is 10.0. The van der Waals surface area contributed by atoms with Gasteiger partial charge in [0, 0.05) is 33.5 Å². The van der Waals surface area contributed by atoms with Crippen molar-refractivity contribution in [3.05, 3.63) is 146 Å². The van der Waals surface area contributed by atoms with Crippen LogP contribution in [0.4, 0.5) is 0 Å². The van der Waals surface area contributed by atoms with Crippen LogP contribution in [-0.2, 0) is 0 Å². The van der Waals surface area contributed by atoms with E-state index in [1.54, 1.807) is 0 Å². The van der Waals surface area contributed by atoms with Gasteiger partial charge in [-0.1, -0.05) is 109 Å². The molecule has 3 aromatic heterocycles. The fourth-order valence-corrected chi connectivity index (χ4v) is 6.10. The van der Waals surface area contributed by atoms with Gasteiger partial charge in [-0.05, 0) is 57.6 Å². The van der Waals surface area contributed by atoms with Crippen LogP contribution in [0.25, 0.3) is 88.9 Å². The molecule has 0 saturated carbocycles. The van der Waals surface area contributed by atoms with E-state index in [0.29, 0.717) is 23.2 Å². The van der Waals surface area contributed by atoms with Gasteiger partial charge in [0.15, 0.2) is 17.5 Å². The topological polar surface area (TPSA) is 64.7 Å². The Morgan fingerprint density at radius 2 is 1.11 bits per heavy atom. The van der Waals surface area contributed by atoms with Crippen LogP contribution >= 0.6 is 0 Å². The molecule has 0 bridgehead atoms. The molecule has 210 valence electrons. The second-order valence-electron chi connectivity index (χ2n) is 11.1. The molecular formula is C40H24N4O. The number of pyridine rings is 1. The van der Waals surface area contributed by atoms with Crippen LogP contribution in [0.1, 0.15) is 0 Å². The molecule has 9 rings (SSSR count). The highest BCUT2D eigenvalue weighted by molar-refractivity contribution is 6.11. The number of hydrogen-bond acceptors (Lipinski definition) is 5. The summed E-state index contributed by atoms with van der Waals surface area (Å²) in [5, 5.41) is 6.41. The van der Waals surface area contributed by atoms with Crippen molar-refractivity contribution in [2.75, 3.05) is 0 Å². The van der Waals surface area contributed by atoms with Crippen molar-refractivity contribution in [1.29, 1.82) is 0 Å². The SMILES string of the molecule is c1ccc(-c2ccc3cc(-c4nc(-c5ccc6ccccc6c5)nc(-c5cccc6oc7ccccc7c56)n4)ncc3c2)cc1. The van der Waals surface area contributed by atoms with Crippen molar-refractivity contribution in [2.24, 2.45) is 0 Å². The zero-order chi connectivity index (χ0) is 29.7. The number of nitrogens with zero attached hydrogens (tertiary/aromatic N) is 4. The molecule has 0 aliphatic heterocycles. The lowest BCUT2D eigenvalue weighted by Gasteiger charge is -2.10. The summed E-state index contributed by atoms with van der Waals surface area (Å²) in [7, 11) is 0. The summed E-state index contributed by atoms with van der Waals surface area (Å²) < 4.78 is 6.20. The van der Waals surface area contributed by atoms with E-state index in [-0.39, 0.29) is 0 Å². The molecule has 0 spiro atoms. The molecule has 0 atom stereocenters. The van der Waals surface area contributed by atoms with E-state index in [4.69, 9.17) is 24.4 Å². The zero-order valence-corrected chi connectivity index (χ0v) is 24.1. The summed E-state index contributed by atoms with van der Waals surface area (Å²) >= 11 is 0. The molecule has 0 amide bonds. The van der Waals surface area contributed by atoms with E-state index >= 15 is 0 Å². The van der Waals surface area contributed by atoms with Crippen LogP contribution in [-0.4, -0.2) is 19.9 Å². The molecule has 0 N–H and O–H groups in total. The Balaban J connectivity index is 1.25. The minimum atomic E-state index is 0.516. The highest BCUT2D eigenvalue weighted by Gasteiger charge is 2.18. The minimum Gasteiger partial charge on any atom is -0.456 e. The number of para-hydroxylation sites is 1. The van der Waals surface area contributed by atoms with E-state index in [0.717, 1.165) is 60.2 Å². The maximum absolute atomic E-state index is 6.20. The maximum atomic E-state index is 6.20. The van der Waals surface area contributed by atoms with Crippen LogP contribution in [0.5, 0.6) is 0 Å². The van der Waals surface area contributed by atoms with Gasteiger partial charge in [0.1, 0.15) is 16.9 Å². The summed E-state index contributed by atoms with van der Waals surface area (Å²) in [6.45, 7) is 0. The molecule has 0 fully saturated rings. The Morgan fingerprint density at radius 1 is 0.422 bits per heavy atom. The van der Waals surface area contributed by atoms with Crippen LogP contribution in [0.3, 0.4) is 0 Å². The van der Waals surface area contributed by atoms with Crippen molar-refractivity contribution in [1.82, 2.24) is 19.9 Å². The Kier molecular flexibility index (Phi) is 5.74. The van der Waals surface area contributed by atoms with Crippen molar-refractivity contribution < 1.29 is 4.42 Å². The fraction of sp³-hybridized carbons (Fsp3) is 0. The summed E-state index contributed by atoms with van der Waals surface area (Å²) in [5.41, 5.74) is 6.43. The van der Waals surface area contributed by atoms with Gasteiger partial charge in [-0.25, -0.2) is 15.0 Å². The van der Waals surface area contributed by atoms with Gasteiger partial charge < -0.3 is 4.42 Å². The number of aromatic nitrogens is 4. The molecule has 45 heavy (non-hydrogen) atoms. The molecule has 0 aliphatic carbocycles. The van der Waals surface area contributed by atoms with E-state index in [1.807, 2.05) is 60.8 Å². The van der Waals surface area contributed by atoms with Gasteiger partial charge in [0.2, 0.25) is 0 Å². The second-order valence-corrected chi connectivity index (χ2v) is 11.1. The molecule has 0 radical (unpaired) electrons. The predicted octanol–water partition coefficient (Wildman–Crippen LogP) is 10.1. The first kappa shape index (κ1) is 25.3. The van der Waals surface area contributed by atoms with Gasteiger partial charge in [0.25, 0.3) is 0 Å². The van der Waals surface area contributed by atoms with Crippen molar-refractivity contribution >= 4 is 43.5 Å². The molecule has 6 aromatic carbocycles. The maximum Gasteiger partial charge on any atom is 0.182 e. The molecule has 0 aliphatic rings. The van der Waals surface area contributed by atoms with Gasteiger partial charge in [0.05, 0.1) is 0 Å². The molecule has 3 heterocycles. The monoisotopic (exact) mass is 576 g/mol. The first-order valence-corrected chi connectivity index (χ1v) is 14.9. The van der Waals surface area contributed by atoms with E-state index in [9.17, 15) is 0 Å². The van der Waals surface area contributed by atoms with Gasteiger partial charge >= 0.3 is 0 Å². The Labute approximate surface area is 258 Å². The van der Waals surface area contributed by atoms with Crippen molar-refractivity contribution in [3.8, 4) is 45.4 Å². The molecule has 0 unspecified atom stereocenters. The zero-order valence-electron chi connectivity index (χ0n) is 24.1. The van der Waals surface area contributed by atoms with Gasteiger partial charge in [-0.15, -0.1) is 0 Å². The number of benzene rings is 6. The summed E-state index contributed by atoms with van der Waals surface area (Å²) in [4.78, 5) is 20.0. The molecule has 9 aromatic rings. The quantitative estimate of drug-likeness (QED) is 0.209. The number of rotatable bonds is 4. The van der Waals surface area contributed by atoms with Crippen LogP contribution in [0, 0.1) is 0 Å². The van der Waals surface area contributed by atoms with Crippen LogP contribution < -0.4 is 0 Å². The third kappa shape index (κ3) is 4.41. The Morgan fingerprint density at radius 3 is 2.04 bits per heavy atom. The first-order chi connectivity index (χ1) is 22.3. The summed E-state index contributed by atoms with van der Waals surface area (Å²) in [6, 6.07) is 47.6. The normalized spacial score (nSPS) is 11.6. The van der Waals surface area contributed by atoms with Crippen molar-refractivity contribution in [3.63, 3.8) is 0 Å². The highest BCUT2D eigenvalue weighted by Crippen LogP contribution is 2.37. The van der Waals surface area contributed by atoms with E-state index in [1.165, 1.54) is 5.56 Å². The highest BCUT2D eigenvalue weighted by atomic mass is 16.3. The molecule has 5 nitrogen and oxygen atoms in total. The second kappa shape index (κ2) is 10.2.